The van der Waals surface area contributed by atoms with Gasteiger partial charge in [0.1, 0.15) is 0 Å². The van der Waals surface area contributed by atoms with Crippen LogP contribution in [0.2, 0.25) is 0 Å². The zero-order valence-corrected chi connectivity index (χ0v) is 10.5. The molecule has 2 aromatic rings. The van der Waals surface area contributed by atoms with E-state index in [4.69, 9.17) is 0 Å². The molecule has 3 rings (SSSR count). The first-order valence-electron chi connectivity index (χ1n) is 6.40. The van der Waals surface area contributed by atoms with Crippen LogP contribution in [0.5, 0.6) is 0 Å². The van der Waals surface area contributed by atoms with Crippen molar-refractivity contribution in [2.24, 2.45) is 0 Å². The van der Waals surface area contributed by atoms with Crippen LogP contribution < -0.4 is 10.9 Å². The Morgan fingerprint density at radius 1 is 1.42 bits per heavy atom. The number of pyridine rings is 1. The predicted octanol–water partition coefficient (Wildman–Crippen LogP) is -0.0940. The molecule has 6 nitrogen and oxygen atoms in total. The highest BCUT2D eigenvalue weighted by Gasteiger charge is 2.30. The third-order valence-electron chi connectivity index (χ3n) is 3.63. The van der Waals surface area contributed by atoms with E-state index in [9.17, 15) is 9.90 Å². The zero-order chi connectivity index (χ0) is 13.3. The predicted molar refractivity (Wildman–Crippen MR) is 70.9 cm³/mol. The molecule has 0 atom stereocenters. The number of hydrogen-bond acceptors (Lipinski definition) is 5. The lowest BCUT2D eigenvalue weighted by Gasteiger charge is -2.32. The summed E-state index contributed by atoms with van der Waals surface area (Å²) in [4.78, 5) is 20.5. The van der Waals surface area contributed by atoms with Gasteiger partial charge in [-0.2, -0.15) is 0 Å². The summed E-state index contributed by atoms with van der Waals surface area (Å²) >= 11 is 0. The first-order valence-corrected chi connectivity index (χ1v) is 6.40. The molecule has 0 saturated carbocycles. The Balaban J connectivity index is 1.97. The van der Waals surface area contributed by atoms with Crippen LogP contribution in [-0.4, -0.2) is 38.3 Å². The normalized spacial score (nSPS) is 18.6. The van der Waals surface area contributed by atoms with E-state index in [1.807, 2.05) is 0 Å². The molecule has 3 heterocycles. The first-order chi connectivity index (χ1) is 9.18. The van der Waals surface area contributed by atoms with Crippen molar-refractivity contribution in [3.8, 4) is 0 Å². The molecule has 0 spiro atoms. The number of nitrogens with one attached hydrogen (secondary N) is 1. The fourth-order valence-electron chi connectivity index (χ4n) is 2.49. The van der Waals surface area contributed by atoms with E-state index in [0.717, 1.165) is 13.1 Å². The molecular weight excluding hydrogens is 244 g/mol. The number of aliphatic hydroxyl groups is 1. The smallest absolute Gasteiger partial charge is 0.261 e. The van der Waals surface area contributed by atoms with E-state index in [0.29, 0.717) is 30.3 Å². The maximum absolute atomic E-state index is 12.3. The van der Waals surface area contributed by atoms with Crippen molar-refractivity contribution in [2.75, 3.05) is 13.1 Å². The number of fused-ring (bicyclic) bond motifs is 1. The maximum Gasteiger partial charge on any atom is 0.261 e. The maximum atomic E-state index is 12.3. The molecule has 0 aromatic carbocycles. The van der Waals surface area contributed by atoms with Crippen molar-refractivity contribution in [1.82, 2.24) is 19.9 Å². The Bertz CT molecular complexity index is 646. The molecule has 0 amide bonds. The van der Waals surface area contributed by atoms with E-state index in [1.165, 1.54) is 10.9 Å². The fourth-order valence-corrected chi connectivity index (χ4v) is 2.49. The second-order valence-corrected chi connectivity index (χ2v) is 5.04. The molecule has 1 fully saturated rings. The Hall–Kier alpha value is -1.79. The van der Waals surface area contributed by atoms with Gasteiger partial charge in [0.2, 0.25) is 0 Å². The van der Waals surface area contributed by atoms with Crippen molar-refractivity contribution in [1.29, 1.82) is 0 Å². The minimum Gasteiger partial charge on any atom is -0.388 e. The topological polar surface area (TPSA) is 80.0 Å². The summed E-state index contributed by atoms with van der Waals surface area (Å²) in [5.74, 6) is 0. The average molecular weight is 260 g/mol. The van der Waals surface area contributed by atoms with Gasteiger partial charge in [-0.15, -0.1) is 0 Å². The summed E-state index contributed by atoms with van der Waals surface area (Å²) in [5, 5.41) is 14.2. The summed E-state index contributed by atoms with van der Waals surface area (Å²) < 4.78 is 1.49. The van der Waals surface area contributed by atoms with Gasteiger partial charge in [-0.1, -0.05) is 0 Å². The van der Waals surface area contributed by atoms with Crippen LogP contribution in [0.3, 0.4) is 0 Å². The van der Waals surface area contributed by atoms with Crippen molar-refractivity contribution >= 4 is 10.9 Å². The van der Waals surface area contributed by atoms with Gasteiger partial charge >= 0.3 is 0 Å². The fraction of sp³-hybridized carbons (Fsp3) is 0.462. The third-order valence-corrected chi connectivity index (χ3v) is 3.63. The van der Waals surface area contributed by atoms with E-state index >= 15 is 0 Å². The van der Waals surface area contributed by atoms with Crippen molar-refractivity contribution < 1.29 is 5.11 Å². The van der Waals surface area contributed by atoms with Gasteiger partial charge in [0.25, 0.3) is 5.56 Å². The van der Waals surface area contributed by atoms with Gasteiger partial charge in [0, 0.05) is 6.20 Å². The second kappa shape index (κ2) is 4.71. The minimum atomic E-state index is -0.822. The monoisotopic (exact) mass is 260 g/mol. The molecular formula is C13H16N4O2. The summed E-state index contributed by atoms with van der Waals surface area (Å²) in [5.41, 5.74) is -0.363. The summed E-state index contributed by atoms with van der Waals surface area (Å²) in [6.07, 6.45) is 5.93. The zero-order valence-electron chi connectivity index (χ0n) is 10.5. The van der Waals surface area contributed by atoms with Crippen molar-refractivity contribution in [3.05, 3.63) is 35.1 Å². The Morgan fingerprint density at radius 2 is 2.21 bits per heavy atom. The van der Waals surface area contributed by atoms with Gasteiger partial charge in [-0.3, -0.25) is 14.3 Å². The van der Waals surface area contributed by atoms with Gasteiger partial charge < -0.3 is 10.4 Å². The van der Waals surface area contributed by atoms with E-state index < -0.39 is 5.60 Å². The molecule has 6 heteroatoms. The summed E-state index contributed by atoms with van der Waals surface area (Å²) in [7, 11) is 0. The summed E-state index contributed by atoms with van der Waals surface area (Å²) in [6, 6.07) is 1.66. The third kappa shape index (κ3) is 2.36. The molecule has 2 N–H and O–H groups in total. The highest BCUT2D eigenvalue weighted by molar-refractivity contribution is 5.75. The Morgan fingerprint density at radius 3 is 3.00 bits per heavy atom. The lowest BCUT2D eigenvalue weighted by atomic mass is 9.92. The largest absolute Gasteiger partial charge is 0.388 e. The van der Waals surface area contributed by atoms with Gasteiger partial charge in [-0.05, 0) is 32.0 Å². The number of aromatic nitrogens is 3. The molecule has 0 unspecified atom stereocenters. The summed E-state index contributed by atoms with van der Waals surface area (Å²) in [6.45, 7) is 1.84. The van der Waals surface area contributed by atoms with E-state index in [2.05, 4.69) is 15.3 Å². The van der Waals surface area contributed by atoms with Crippen LogP contribution in [0, 0.1) is 0 Å². The van der Waals surface area contributed by atoms with E-state index in [1.54, 1.807) is 18.5 Å². The van der Waals surface area contributed by atoms with Crippen LogP contribution in [0.25, 0.3) is 10.9 Å². The number of hydrogen-bond donors (Lipinski definition) is 2. The Labute approximate surface area is 110 Å². The first kappa shape index (κ1) is 12.3. The lowest BCUT2D eigenvalue weighted by molar-refractivity contribution is -0.00627. The van der Waals surface area contributed by atoms with Crippen LogP contribution in [0.4, 0.5) is 0 Å². The van der Waals surface area contributed by atoms with Crippen molar-refractivity contribution in [3.63, 3.8) is 0 Å². The van der Waals surface area contributed by atoms with Crippen LogP contribution in [-0.2, 0) is 6.54 Å². The van der Waals surface area contributed by atoms with Crippen LogP contribution in [0.1, 0.15) is 12.8 Å². The van der Waals surface area contributed by atoms with E-state index in [-0.39, 0.29) is 5.56 Å². The van der Waals surface area contributed by atoms with Gasteiger partial charge in [0.15, 0.2) is 0 Å². The molecule has 19 heavy (non-hydrogen) atoms. The molecule has 100 valence electrons. The van der Waals surface area contributed by atoms with Crippen LogP contribution in [0.15, 0.2) is 29.6 Å². The number of rotatable bonds is 2. The minimum absolute atomic E-state index is 0.126. The lowest BCUT2D eigenvalue weighted by Crippen LogP contribution is -2.46. The SMILES string of the molecule is O=c1c2ccncc2ncn1CC1(O)CCNCC1. The molecule has 0 bridgehead atoms. The van der Waals surface area contributed by atoms with Crippen LogP contribution >= 0.6 is 0 Å². The molecule has 1 saturated heterocycles. The van der Waals surface area contributed by atoms with Gasteiger partial charge in [-0.25, -0.2) is 4.98 Å². The number of piperidine rings is 1. The molecule has 0 aliphatic carbocycles. The molecule has 0 radical (unpaired) electrons. The second-order valence-electron chi connectivity index (χ2n) is 5.04. The highest BCUT2D eigenvalue weighted by atomic mass is 16.3. The highest BCUT2D eigenvalue weighted by Crippen LogP contribution is 2.19. The quantitative estimate of drug-likeness (QED) is 0.788. The molecule has 1 aliphatic heterocycles. The standard InChI is InChI=1S/C13H16N4O2/c18-12-10-1-4-15-7-11(10)16-9-17(12)8-13(19)2-5-14-6-3-13/h1,4,7,9,14,19H,2-3,5-6,8H2. The number of nitrogens with zero attached hydrogens (tertiary/aromatic N) is 3. The molecule has 2 aromatic heterocycles. The van der Waals surface area contributed by atoms with Crippen molar-refractivity contribution in [2.45, 2.75) is 25.0 Å². The average Bonchev–Trinajstić information content (AvgIpc) is 2.43. The molecule has 1 aliphatic rings. The Kier molecular flexibility index (Phi) is 3.04. The van der Waals surface area contributed by atoms with Gasteiger partial charge in [0.05, 0.1) is 35.6 Å².